The van der Waals surface area contributed by atoms with Crippen LogP contribution in [0.15, 0.2) is 152 Å². The number of aryl methyl sites for hydroxylation is 1. The number of rotatable bonds is 6. The van der Waals surface area contributed by atoms with Crippen molar-refractivity contribution in [1.29, 1.82) is 0 Å². The molecule has 0 bridgehead atoms. The van der Waals surface area contributed by atoms with Gasteiger partial charge in [0.2, 0.25) is 0 Å². The van der Waals surface area contributed by atoms with Gasteiger partial charge in [-0.1, -0.05) is 160 Å². The number of hydrogen-bond donors (Lipinski definition) is 0. The van der Waals surface area contributed by atoms with Crippen molar-refractivity contribution >= 4 is 84.0 Å². The second kappa shape index (κ2) is 12.2. The van der Waals surface area contributed by atoms with Crippen LogP contribution in [0.2, 0.25) is 0 Å². The molecule has 0 aliphatic carbocycles. The Labute approximate surface area is 313 Å². The van der Waals surface area contributed by atoms with Crippen LogP contribution in [0.3, 0.4) is 0 Å². The SMILES string of the molecule is Cc1ccccc1-c1ccccc1[Si](c1ccccc1)c1cc2c3cc4cc(C(C)C)ccc4cc3n3c4cc5ccc(C(C)C)cc5cc4c(c1)c23. The van der Waals surface area contributed by atoms with E-state index in [0.29, 0.717) is 11.8 Å². The Balaban J connectivity index is 1.34. The minimum absolute atomic E-state index is 0.481. The Kier molecular flexibility index (Phi) is 7.35. The van der Waals surface area contributed by atoms with Crippen LogP contribution in [0, 0.1) is 6.92 Å². The van der Waals surface area contributed by atoms with Crippen LogP contribution in [0.1, 0.15) is 56.2 Å². The predicted octanol–water partition coefficient (Wildman–Crippen LogP) is 11.9. The average Bonchev–Trinajstić information content (AvgIpc) is 3.67. The molecule has 2 aromatic heterocycles. The lowest BCUT2D eigenvalue weighted by atomic mass is 9.97. The van der Waals surface area contributed by atoms with Crippen LogP contribution in [0.25, 0.3) is 70.8 Å². The number of fused-ring (bicyclic) bond motifs is 8. The fraction of sp³-hybridized carbons (Fsp3) is 0.137. The van der Waals surface area contributed by atoms with Gasteiger partial charge < -0.3 is 4.40 Å². The minimum atomic E-state index is -1.45. The molecule has 0 spiro atoms. The summed E-state index contributed by atoms with van der Waals surface area (Å²) in [6.45, 7) is 11.4. The van der Waals surface area contributed by atoms with Gasteiger partial charge in [-0.05, 0) is 103 Å². The van der Waals surface area contributed by atoms with Crippen LogP contribution >= 0.6 is 0 Å². The van der Waals surface area contributed by atoms with Crippen molar-refractivity contribution in [2.24, 2.45) is 0 Å². The molecule has 1 radical (unpaired) electrons. The summed E-state index contributed by atoms with van der Waals surface area (Å²) < 4.78 is 2.57. The minimum Gasteiger partial charge on any atom is -0.308 e. The van der Waals surface area contributed by atoms with Crippen LogP contribution in [-0.2, 0) is 0 Å². The molecule has 8 aromatic carbocycles. The maximum absolute atomic E-state index is 2.57. The summed E-state index contributed by atoms with van der Waals surface area (Å²) in [6, 6.07) is 58.3. The number of aromatic nitrogens is 1. The van der Waals surface area contributed by atoms with Crippen molar-refractivity contribution in [3.05, 3.63) is 168 Å². The molecule has 2 heterocycles. The zero-order valence-electron chi connectivity index (χ0n) is 31.0. The number of nitrogens with zero attached hydrogens (tertiary/aromatic N) is 1. The number of benzene rings is 8. The third kappa shape index (κ3) is 5.04. The summed E-state index contributed by atoms with van der Waals surface area (Å²) in [7, 11) is -1.45. The van der Waals surface area contributed by atoms with E-state index in [2.05, 4.69) is 191 Å². The standard InChI is InChI=1S/C51H42NSi/c1-31(2)34-19-21-36-27-48-44(25-38(36)23-34)46-29-41(30-47-45-26-39-24-35(32(3)4)20-22-37(39)28-49(45)52(48)51(46)47)53(40-14-7-6-8-15-40)50-18-12-11-17-43(50)42-16-10-9-13-33(42)5/h6-32H,1-5H3. The predicted molar refractivity (Wildman–Crippen MR) is 232 cm³/mol. The zero-order valence-corrected chi connectivity index (χ0v) is 32.0. The second-order valence-corrected chi connectivity index (χ2v) is 18.1. The molecule has 0 fully saturated rings. The van der Waals surface area contributed by atoms with Gasteiger partial charge in [-0.2, -0.15) is 0 Å². The Hall–Kier alpha value is -5.70. The van der Waals surface area contributed by atoms with E-state index < -0.39 is 8.80 Å². The maximum atomic E-state index is 2.57. The highest BCUT2D eigenvalue weighted by Crippen LogP contribution is 2.42. The fourth-order valence-electron chi connectivity index (χ4n) is 8.82. The van der Waals surface area contributed by atoms with Crippen LogP contribution < -0.4 is 15.6 Å². The lowest BCUT2D eigenvalue weighted by Crippen LogP contribution is -2.52. The molecule has 1 nitrogen and oxygen atoms in total. The van der Waals surface area contributed by atoms with Crippen LogP contribution in [0.4, 0.5) is 0 Å². The molecule has 0 unspecified atom stereocenters. The summed E-state index contributed by atoms with van der Waals surface area (Å²) in [6.07, 6.45) is 0. The third-order valence-corrected chi connectivity index (χ3v) is 14.4. The van der Waals surface area contributed by atoms with Crippen LogP contribution in [0.5, 0.6) is 0 Å². The monoisotopic (exact) mass is 696 g/mol. The zero-order chi connectivity index (χ0) is 36.0. The van der Waals surface area contributed by atoms with Gasteiger partial charge in [0.15, 0.2) is 8.80 Å². The van der Waals surface area contributed by atoms with Gasteiger partial charge in [-0.25, -0.2) is 0 Å². The molecule has 255 valence electrons. The Bertz CT molecular complexity index is 2880. The summed E-state index contributed by atoms with van der Waals surface area (Å²) in [5, 5.41) is 14.8. The lowest BCUT2D eigenvalue weighted by molar-refractivity contribution is 0.869. The van der Waals surface area contributed by atoms with Gasteiger partial charge in [0.05, 0.1) is 16.6 Å². The second-order valence-electron chi connectivity index (χ2n) is 15.6. The van der Waals surface area contributed by atoms with Crippen molar-refractivity contribution in [3.8, 4) is 11.1 Å². The first-order valence-corrected chi connectivity index (χ1v) is 20.6. The summed E-state index contributed by atoms with van der Waals surface area (Å²) in [4.78, 5) is 0. The Morgan fingerprint density at radius 2 is 0.962 bits per heavy atom. The average molecular weight is 697 g/mol. The largest absolute Gasteiger partial charge is 0.308 e. The van der Waals surface area contributed by atoms with Gasteiger partial charge in [0.1, 0.15) is 0 Å². The molecule has 10 rings (SSSR count). The first-order valence-electron chi connectivity index (χ1n) is 19.1. The molecular formula is C51H42NSi. The molecule has 0 saturated heterocycles. The van der Waals surface area contributed by atoms with Gasteiger partial charge in [0.25, 0.3) is 0 Å². The molecule has 0 amide bonds. The van der Waals surface area contributed by atoms with E-state index in [1.165, 1.54) is 103 Å². The maximum Gasteiger partial charge on any atom is 0.155 e. The summed E-state index contributed by atoms with van der Waals surface area (Å²) in [5.74, 6) is 0.962. The van der Waals surface area contributed by atoms with E-state index >= 15 is 0 Å². The summed E-state index contributed by atoms with van der Waals surface area (Å²) in [5.41, 5.74) is 10.6. The smallest absolute Gasteiger partial charge is 0.155 e. The number of hydrogen-bond acceptors (Lipinski definition) is 0. The quantitative estimate of drug-likeness (QED) is 0.120. The topological polar surface area (TPSA) is 4.41 Å². The van der Waals surface area contributed by atoms with E-state index in [9.17, 15) is 0 Å². The first-order chi connectivity index (χ1) is 25.8. The van der Waals surface area contributed by atoms with Crippen molar-refractivity contribution in [2.45, 2.75) is 46.5 Å². The third-order valence-electron chi connectivity index (χ3n) is 11.7. The van der Waals surface area contributed by atoms with Crippen molar-refractivity contribution in [2.75, 3.05) is 0 Å². The molecule has 0 aliphatic rings. The van der Waals surface area contributed by atoms with Crippen molar-refractivity contribution in [1.82, 2.24) is 4.40 Å². The highest BCUT2D eigenvalue weighted by molar-refractivity contribution is 6.96. The molecule has 53 heavy (non-hydrogen) atoms. The molecule has 0 N–H and O–H groups in total. The van der Waals surface area contributed by atoms with Gasteiger partial charge in [0, 0.05) is 21.5 Å². The lowest BCUT2D eigenvalue weighted by Gasteiger charge is -2.21. The normalized spacial score (nSPS) is 12.4. The van der Waals surface area contributed by atoms with E-state index in [1.807, 2.05) is 0 Å². The van der Waals surface area contributed by atoms with E-state index in [1.54, 1.807) is 0 Å². The molecule has 0 atom stereocenters. The molecule has 0 aliphatic heterocycles. The van der Waals surface area contributed by atoms with E-state index in [-0.39, 0.29) is 0 Å². The Morgan fingerprint density at radius 3 is 1.53 bits per heavy atom. The van der Waals surface area contributed by atoms with Crippen molar-refractivity contribution in [3.63, 3.8) is 0 Å². The van der Waals surface area contributed by atoms with E-state index in [4.69, 9.17) is 0 Å². The molecular weight excluding hydrogens is 655 g/mol. The molecule has 10 aromatic rings. The first kappa shape index (κ1) is 32.0. The fourth-order valence-corrected chi connectivity index (χ4v) is 11.6. The van der Waals surface area contributed by atoms with Crippen LogP contribution in [-0.4, -0.2) is 13.2 Å². The Morgan fingerprint density at radius 1 is 0.434 bits per heavy atom. The summed E-state index contributed by atoms with van der Waals surface area (Å²) >= 11 is 0. The van der Waals surface area contributed by atoms with Gasteiger partial charge in [-0.15, -0.1) is 0 Å². The van der Waals surface area contributed by atoms with Gasteiger partial charge >= 0.3 is 0 Å². The molecule has 0 saturated carbocycles. The highest BCUT2D eigenvalue weighted by Gasteiger charge is 2.27. The molecule has 2 heteroatoms. The van der Waals surface area contributed by atoms with E-state index in [0.717, 1.165) is 0 Å². The highest BCUT2D eigenvalue weighted by atomic mass is 28.3. The van der Waals surface area contributed by atoms with Gasteiger partial charge in [-0.3, -0.25) is 0 Å². The van der Waals surface area contributed by atoms with Crippen molar-refractivity contribution < 1.29 is 0 Å².